The van der Waals surface area contributed by atoms with Gasteiger partial charge in [-0.15, -0.1) is 0 Å². The van der Waals surface area contributed by atoms with E-state index < -0.39 is 0 Å². The predicted octanol–water partition coefficient (Wildman–Crippen LogP) is 3.25. The van der Waals surface area contributed by atoms with Crippen LogP contribution in [0.3, 0.4) is 0 Å². The Kier molecular flexibility index (Phi) is 4.23. The van der Waals surface area contributed by atoms with Gasteiger partial charge in [0, 0.05) is 24.9 Å². The first-order chi connectivity index (χ1) is 10.1. The summed E-state index contributed by atoms with van der Waals surface area (Å²) in [5.74, 6) is 2.13. The molecule has 1 amide bonds. The van der Waals surface area contributed by atoms with Crippen molar-refractivity contribution in [3.05, 3.63) is 0 Å². The summed E-state index contributed by atoms with van der Waals surface area (Å²) in [7, 11) is 0. The van der Waals surface area contributed by atoms with Crippen LogP contribution in [-0.4, -0.2) is 36.0 Å². The van der Waals surface area contributed by atoms with E-state index in [0.29, 0.717) is 36.6 Å². The van der Waals surface area contributed by atoms with E-state index in [1.54, 1.807) is 0 Å². The van der Waals surface area contributed by atoms with Gasteiger partial charge in [-0.25, -0.2) is 4.79 Å². The fourth-order valence-corrected chi connectivity index (χ4v) is 4.85. The van der Waals surface area contributed by atoms with Crippen molar-refractivity contribution in [2.75, 3.05) is 13.2 Å². The second-order valence-corrected chi connectivity index (χ2v) is 7.15. The van der Waals surface area contributed by atoms with E-state index >= 15 is 0 Å². The molecule has 0 bridgehead atoms. The Bertz CT molecular complexity index is 422. The molecule has 0 aromatic carbocycles. The molecule has 3 aliphatic rings. The van der Waals surface area contributed by atoms with E-state index in [0.717, 1.165) is 19.4 Å². The molecule has 1 saturated heterocycles. The molecule has 1 heterocycles. The zero-order valence-corrected chi connectivity index (χ0v) is 13.2. The summed E-state index contributed by atoms with van der Waals surface area (Å²) in [4.78, 5) is 26.7. The summed E-state index contributed by atoms with van der Waals surface area (Å²) in [5.41, 5.74) is 0. The molecule has 0 radical (unpaired) electrons. The Hall–Kier alpha value is -1.06. The number of hydrogen-bond donors (Lipinski definition) is 0. The molecule has 5 atom stereocenters. The predicted molar refractivity (Wildman–Crippen MR) is 79.9 cm³/mol. The van der Waals surface area contributed by atoms with Crippen LogP contribution in [0, 0.1) is 23.7 Å². The molecule has 4 nitrogen and oxygen atoms in total. The molecular formula is C17H27NO3. The number of ketones is 1. The number of rotatable bonds is 2. The lowest BCUT2D eigenvalue weighted by atomic mass is 9.73. The van der Waals surface area contributed by atoms with Crippen LogP contribution in [-0.2, 0) is 9.53 Å². The Morgan fingerprint density at radius 3 is 2.90 bits per heavy atom. The first-order valence-corrected chi connectivity index (χ1v) is 8.58. The van der Waals surface area contributed by atoms with Gasteiger partial charge in [0.25, 0.3) is 0 Å². The average molecular weight is 293 g/mol. The Morgan fingerprint density at radius 2 is 2.14 bits per heavy atom. The third-order valence-electron chi connectivity index (χ3n) is 5.82. The zero-order valence-electron chi connectivity index (χ0n) is 13.2. The number of amides is 1. The van der Waals surface area contributed by atoms with Crippen molar-refractivity contribution >= 4 is 11.9 Å². The lowest BCUT2D eigenvalue weighted by Gasteiger charge is -2.37. The van der Waals surface area contributed by atoms with Crippen molar-refractivity contribution in [1.82, 2.24) is 4.90 Å². The minimum Gasteiger partial charge on any atom is -0.450 e. The second kappa shape index (κ2) is 5.98. The summed E-state index contributed by atoms with van der Waals surface area (Å²) >= 11 is 0. The maximum atomic E-state index is 12.5. The Labute approximate surface area is 127 Å². The monoisotopic (exact) mass is 293 g/mol. The van der Waals surface area contributed by atoms with E-state index in [1.807, 2.05) is 11.8 Å². The molecule has 5 unspecified atom stereocenters. The molecule has 0 N–H and O–H groups in total. The number of nitrogens with zero attached hydrogens (tertiary/aromatic N) is 1. The minimum atomic E-state index is -0.206. The van der Waals surface area contributed by atoms with Gasteiger partial charge in [-0.2, -0.15) is 0 Å². The van der Waals surface area contributed by atoms with Gasteiger partial charge in [0.1, 0.15) is 5.78 Å². The van der Waals surface area contributed by atoms with Crippen LogP contribution in [0.25, 0.3) is 0 Å². The van der Waals surface area contributed by atoms with Crippen LogP contribution >= 0.6 is 0 Å². The topological polar surface area (TPSA) is 46.6 Å². The molecule has 3 rings (SSSR count). The summed E-state index contributed by atoms with van der Waals surface area (Å²) in [6.07, 6.45) is 6.06. The highest BCUT2D eigenvalue weighted by molar-refractivity contribution is 5.83. The first-order valence-electron chi connectivity index (χ1n) is 8.58. The molecule has 0 spiro atoms. The van der Waals surface area contributed by atoms with Crippen molar-refractivity contribution in [3.63, 3.8) is 0 Å². The summed E-state index contributed by atoms with van der Waals surface area (Å²) in [6, 6.07) is 0.104. The highest BCUT2D eigenvalue weighted by Gasteiger charge is 2.51. The van der Waals surface area contributed by atoms with Crippen LogP contribution < -0.4 is 0 Å². The van der Waals surface area contributed by atoms with Crippen molar-refractivity contribution in [2.45, 2.75) is 58.4 Å². The van der Waals surface area contributed by atoms with Gasteiger partial charge < -0.3 is 9.64 Å². The lowest BCUT2D eigenvalue weighted by molar-refractivity contribution is -0.128. The zero-order chi connectivity index (χ0) is 15.0. The maximum absolute atomic E-state index is 12.5. The third kappa shape index (κ3) is 2.69. The second-order valence-electron chi connectivity index (χ2n) is 7.15. The highest BCUT2D eigenvalue weighted by atomic mass is 16.6. The first kappa shape index (κ1) is 14.9. The van der Waals surface area contributed by atoms with E-state index in [4.69, 9.17) is 4.74 Å². The van der Waals surface area contributed by atoms with Gasteiger partial charge in [-0.05, 0) is 50.4 Å². The fraction of sp³-hybridized carbons (Fsp3) is 0.882. The third-order valence-corrected chi connectivity index (χ3v) is 5.82. The van der Waals surface area contributed by atoms with Gasteiger partial charge in [0.05, 0.1) is 6.61 Å². The molecule has 3 fully saturated rings. The number of hydrogen-bond acceptors (Lipinski definition) is 3. The summed E-state index contributed by atoms with van der Waals surface area (Å²) < 4.78 is 5.25. The van der Waals surface area contributed by atoms with Crippen LogP contribution in [0.4, 0.5) is 4.79 Å². The molecule has 4 heteroatoms. The van der Waals surface area contributed by atoms with Gasteiger partial charge >= 0.3 is 6.09 Å². The van der Waals surface area contributed by atoms with Gasteiger partial charge in [-0.3, -0.25) is 4.79 Å². The largest absolute Gasteiger partial charge is 0.450 e. The molecule has 0 aromatic heterocycles. The molecule has 21 heavy (non-hydrogen) atoms. The number of likely N-dealkylation sites (tertiary alicyclic amines) is 1. The van der Waals surface area contributed by atoms with Crippen LogP contribution in [0.5, 0.6) is 0 Å². The van der Waals surface area contributed by atoms with Crippen molar-refractivity contribution in [2.24, 2.45) is 23.7 Å². The summed E-state index contributed by atoms with van der Waals surface area (Å²) in [5, 5.41) is 0. The van der Waals surface area contributed by atoms with Crippen molar-refractivity contribution < 1.29 is 14.3 Å². The van der Waals surface area contributed by atoms with Crippen molar-refractivity contribution in [3.8, 4) is 0 Å². The molecule has 0 aromatic rings. The van der Waals surface area contributed by atoms with Crippen LogP contribution in [0.15, 0.2) is 0 Å². The van der Waals surface area contributed by atoms with Crippen molar-refractivity contribution in [1.29, 1.82) is 0 Å². The van der Waals surface area contributed by atoms with Gasteiger partial charge in [0.15, 0.2) is 0 Å². The molecule has 2 saturated carbocycles. The average Bonchev–Trinajstić information content (AvgIpc) is 3.02. The Morgan fingerprint density at radius 1 is 1.33 bits per heavy atom. The van der Waals surface area contributed by atoms with E-state index in [-0.39, 0.29) is 18.1 Å². The summed E-state index contributed by atoms with van der Waals surface area (Å²) in [6.45, 7) is 5.28. The van der Waals surface area contributed by atoms with Gasteiger partial charge in [-0.1, -0.05) is 13.3 Å². The Balaban J connectivity index is 1.83. The number of ether oxygens (including phenoxy) is 1. The maximum Gasteiger partial charge on any atom is 0.410 e. The lowest BCUT2D eigenvalue weighted by Crippen LogP contribution is -2.47. The number of carbonyl (C=O) groups is 2. The number of carbonyl (C=O) groups excluding carboxylic acids is 2. The minimum absolute atomic E-state index is 0.0475. The van der Waals surface area contributed by atoms with E-state index in [9.17, 15) is 9.59 Å². The number of Topliss-reactive ketones (excluding diaryl/α,β-unsaturated/α-hetero) is 1. The van der Waals surface area contributed by atoms with Gasteiger partial charge in [0.2, 0.25) is 0 Å². The normalized spacial score (nSPS) is 39.4. The molecule has 1 aliphatic heterocycles. The molecule has 2 aliphatic carbocycles. The highest BCUT2D eigenvalue weighted by Crippen LogP contribution is 2.47. The van der Waals surface area contributed by atoms with E-state index in [2.05, 4.69) is 6.92 Å². The fourth-order valence-electron chi connectivity index (χ4n) is 4.85. The molecule has 118 valence electrons. The smallest absolute Gasteiger partial charge is 0.410 e. The van der Waals surface area contributed by atoms with Crippen LogP contribution in [0.2, 0.25) is 0 Å². The van der Waals surface area contributed by atoms with E-state index in [1.165, 1.54) is 19.3 Å². The quantitative estimate of drug-likeness (QED) is 0.785. The number of fused-ring (bicyclic) bond motifs is 1. The standard InChI is InChI=1S/C17H27NO3/c1-3-21-17(20)18-10-12-5-4-6-13(12)16(18)14-9-11(2)7-8-15(14)19/h11-14,16H,3-10H2,1-2H3. The van der Waals surface area contributed by atoms with Crippen LogP contribution in [0.1, 0.15) is 52.4 Å². The SMILES string of the molecule is CCOC(=O)N1CC2CCCC2C1C1CC(C)CCC1=O. The molecular weight excluding hydrogens is 266 g/mol.